The van der Waals surface area contributed by atoms with Crippen LogP contribution in [0.2, 0.25) is 10.0 Å². The van der Waals surface area contributed by atoms with Crippen LogP contribution in [0.15, 0.2) is 47.4 Å². The van der Waals surface area contributed by atoms with Crippen molar-refractivity contribution in [3.8, 4) is 0 Å². The first kappa shape index (κ1) is 20.0. The number of amides is 1. The summed E-state index contributed by atoms with van der Waals surface area (Å²) >= 11 is 12.1. The first-order chi connectivity index (χ1) is 12.9. The summed E-state index contributed by atoms with van der Waals surface area (Å²) in [4.78, 5) is 12.3. The van der Waals surface area contributed by atoms with Gasteiger partial charge in [-0.05, 0) is 43.2 Å². The number of carbonyl (C=O) groups excluding carboxylic acids is 1. The number of halogens is 2. The lowest BCUT2D eigenvalue weighted by Gasteiger charge is -2.21. The quantitative estimate of drug-likeness (QED) is 0.679. The van der Waals surface area contributed by atoms with Crippen molar-refractivity contribution in [1.29, 1.82) is 0 Å². The van der Waals surface area contributed by atoms with Gasteiger partial charge in [-0.2, -0.15) is 0 Å². The summed E-state index contributed by atoms with van der Waals surface area (Å²) in [5, 5.41) is 3.15. The number of nitrogens with one attached hydrogen (secondary N) is 2. The summed E-state index contributed by atoms with van der Waals surface area (Å²) in [5.74, 6) is -0.116. The van der Waals surface area contributed by atoms with Crippen LogP contribution in [-0.4, -0.2) is 14.3 Å². The molecule has 2 aromatic rings. The molecule has 0 aliphatic heterocycles. The molecule has 8 heteroatoms. The zero-order valence-electron chi connectivity index (χ0n) is 14.5. The van der Waals surface area contributed by atoms with E-state index in [0.717, 1.165) is 32.1 Å². The minimum atomic E-state index is -3.97. The van der Waals surface area contributed by atoms with Crippen LogP contribution in [0, 0.1) is 5.92 Å². The molecule has 1 fully saturated rings. The van der Waals surface area contributed by atoms with Crippen LogP contribution in [0.25, 0.3) is 0 Å². The first-order valence-corrected chi connectivity index (χ1v) is 11.0. The lowest BCUT2D eigenvalue weighted by Crippen LogP contribution is -2.25. The third kappa shape index (κ3) is 4.94. The van der Waals surface area contributed by atoms with E-state index >= 15 is 0 Å². The van der Waals surface area contributed by atoms with Crippen molar-refractivity contribution in [1.82, 2.24) is 0 Å². The van der Waals surface area contributed by atoms with Gasteiger partial charge < -0.3 is 5.32 Å². The predicted molar refractivity (Wildman–Crippen MR) is 109 cm³/mol. The molecule has 0 unspecified atom stereocenters. The van der Waals surface area contributed by atoms with E-state index in [1.807, 2.05) is 0 Å². The molecule has 0 aromatic heterocycles. The van der Waals surface area contributed by atoms with Gasteiger partial charge >= 0.3 is 0 Å². The SMILES string of the molecule is O=C(Nc1ccc(Cl)c(S(=O)(=O)Nc2ccccc2Cl)c1)C1CCCCC1. The number of carbonyl (C=O) groups is 1. The van der Waals surface area contributed by atoms with Crippen LogP contribution in [0.5, 0.6) is 0 Å². The molecule has 1 amide bonds. The summed E-state index contributed by atoms with van der Waals surface area (Å²) in [6, 6.07) is 10.9. The van der Waals surface area contributed by atoms with Crippen LogP contribution < -0.4 is 10.0 Å². The minimum absolute atomic E-state index is 0.0317. The molecule has 3 rings (SSSR count). The van der Waals surface area contributed by atoms with Gasteiger partial charge in [0.2, 0.25) is 5.91 Å². The van der Waals surface area contributed by atoms with E-state index in [0.29, 0.717) is 5.69 Å². The normalized spacial score (nSPS) is 15.3. The highest BCUT2D eigenvalue weighted by molar-refractivity contribution is 7.92. The fraction of sp³-hybridized carbons (Fsp3) is 0.316. The van der Waals surface area contributed by atoms with Crippen LogP contribution in [0.3, 0.4) is 0 Å². The zero-order chi connectivity index (χ0) is 19.4. The van der Waals surface area contributed by atoms with Crippen molar-refractivity contribution in [2.75, 3.05) is 10.0 Å². The molecule has 2 N–H and O–H groups in total. The molecule has 0 heterocycles. The number of hydrogen-bond donors (Lipinski definition) is 2. The van der Waals surface area contributed by atoms with Crippen molar-refractivity contribution >= 4 is 50.5 Å². The van der Waals surface area contributed by atoms with Crippen molar-refractivity contribution in [2.45, 2.75) is 37.0 Å². The summed E-state index contributed by atoms with van der Waals surface area (Å²) < 4.78 is 27.9. The van der Waals surface area contributed by atoms with Gasteiger partial charge in [-0.3, -0.25) is 9.52 Å². The van der Waals surface area contributed by atoms with Crippen LogP contribution in [-0.2, 0) is 14.8 Å². The van der Waals surface area contributed by atoms with Gasteiger partial charge in [-0.1, -0.05) is 54.6 Å². The lowest BCUT2D eigenvalue weighted by molar-refractivity contribution is -0.120. The highest BCUT2D eigenvalue weighted by Gasteiger charge is 2.23. The Morgan fingerprint density at radius 3 is 2.37 bits per heavy atom. The number of sulfonamides is 1. The molecule has 0 spiro atoms. The van der Waals surface area contributed by atoms with E-state index < -0.39 is 10.0 Å². The molecule has 0 bridgehead atoms. The Kier molecular flexibility index (Phi) is 6.29. The standard InChI is InChI=1S/C19H20Cl2N2O3S/c20-15-8-4-5-9-17(15)23-27(25,26)18-12-14(10-11-16(18)21)22-19(24)13-6-2-1-3-7-13/h4-5,8-13,23H,1-3,6-7H2,(H,22,24). The van der Waals surface area contributed by atoms with Crippen molar-refractivity contribution < 1.29 is 13.2 Å². The highest BCUT2D eigenvalue weighted by Crippen LogP contribution is 2.30. The van der Waals surface area contributed by atoms with Gasteiger partial charge in [0.25, 0.3) is 10.0 Å². The topological polar surface area (TPSA) is 75.3 Å². The molecule has 27 heavy (non-hydrogen) atoms. The number of anilines is 2. The second-order valence-corrected chi connectivity index (χ2v) is 9.02. The second kappa shape index (κ2) is 8.50. The summed E-state index contributed by atoms with van der Waals surface area (Å²) in [6.45, 7) is 0. The highest BCUT2D eigenvalue weighted by atomic mass is 35.5. The van der Waals surface area contributed by atoms with Gasteiger partial charge in [-0.25, -0.2) is 8.42 Å². The second-order valence-electron chi connectivity index (χ2n) is 6.55. The number of para-hydroxylation sites is 1. The lowest BCUT2D eigenvalue weighted by atomic mass is 9.88. The fourth-order valence-corrected chi connectivity index (χ4v) is 4.99. The maximum absolute atomic E-state index is 12.7. The Morgan fingerprint density at radius 1 is 0.963 bits per heavy atom. The van der Waals surface area contributed by atoms with Gasteiger partial charge in [0.05, 0.1) is 15.7 Å². The Hall–Kier alpha value is -1.76. The maximum Gasteiger partial charge on any atom is 0.263 e. The summed E-state index contributed by atoms with van der Waals surface area (Å²) in [6.07, 6.45) is 4.96. The van der Waals surface area contributed by atoms with Gasteiger partial charge in [-0.15, -0.1) is 0 Å². The molecule has 0 atom stereocenters. The Morgan fingerprint density at radius 2 is 1.67 bits per heavy atom. The van der Waals surface area contributed by atoms with Gasteiger partial charge in [0.15, 0.2) is 0 Å². The van der Waals surface area contributed by atoms with Crippen molar-refractivity contribution in [3.05, 3.63) is 52.5 Å². The van der Waals surface area contributed by atoms with Crippen molar-refractivity contribution in [2.24, 2.45) is 5.92 Å². The van der Waals surface area contributed by atoms with E-state index in [9.17, 15) is 13.2 Å². The van der Waals surface area contributed by atoms with E-state index in [-0.39, 0.29) is 32.5 Å². The monoisotopic (exact) mass is 426 g/mol. The third-order valence-corrected chi connectivity index (χ3v) is 6.76. The average molecular weight is 427 g/mol. The number of hydrogen-bond acceptors (Lipinski definition) is 3. The largest absolute Gasteiger partial charge is 0.326 e. The Labute approximate surface area is 169 Å². The number of rotatable bonds is 5. The van der Waals surface area contributed by atoms with Crippen molar-refractivity contribution in [3.63, 3.8) is 0 Å². The molecule has 144 valence electrons. The molecule has 0 radical (unpaired) electrons. The van der Waals surface area contributed by atoms with E-state index in [4.69, 9.17) is 23.2 Å². The maximum atomic E-state index is 12.7. The molecule has 2 aromatic carbocycles. The molecular formula is C19H20Cl2N2O3S. The third-order valence-electron chi connectivity index (χ3n) is 4.58. The minimum Gasteiger partial charge on any atom is -0.326 e. The molecule has 1 aliphatic carbocycles. The zero-order valence-corrected chi connectivity index (χ0v) is 16.9. The smallest absolute Gasteiger partial charge is 0.263 e. The van der Waals surface area contributed by atoms with E-state index in [2.05, 4.69) is 10.0 Å². The van der Waals surface area contributed by atoms with E-state index in [1.165, 1.54) is 12.1 Å². The predicted octanol–water partition coefficient (Wildman–Crippen LogP) is 5.31. The van der Waals surface area contributed by atoms with Gasteiger partial charge in [0, 0.05) is 11.6 Å². The summed E-state index contributed by atoms with van der Waals surface area (Å²) in [7, 11) is -3.97. The first-order valence-electron chi connectivity index (χ1n) is 8.74. The van der Waals surface area contributed by atoms with Crippen LogP contribution in [0.1, 0.15) is 32.1 Å². The van der Waals surface area contributed by atoms with Crippen LogP contribution >= 0.6 is 23.2 Å². The van der Waals surface area contributed by atoms with E-state index in [1.54, 1.807) is 30.3 Å². The Balaban J connectivity index is 1.82. The molecule has 1 saturated carbocycles. The van der Waals surface area contributed by atoms with Crippen LogP contribution in [0.4, 0.5) is 11.4 Å². The molecule has 0 saturated heterocycles. The molecular weight excluding hydrogens is 407 g/mol. The average Bonchev–Trinajstić information content (AvgIpc) is 2.65. The number of benzene rings is 2. The fourth-order valence-electron chi connectivity index (χ4n) is 3.14. The summed E-state index contributed by atoms with van der Waals surface area (Å²) in [5.41, 5.74) is 0.654. The molecule has 1 aliphatic rings. The van der Waals surface area contributed by atoms with Gasteiger partial charge in [0.1, 0.15) is 4.90 Å². The molecule has 5 nitrogen and oxygen atoms in total. The Bertz CT molecular complexity index is 942.